The second-order valence-electron chi connectivity index (χ2n) is 6.35. The smallest absolute Gasteiger partial charge is 0.312 e. The van der Waals surface area contributed by atoms with E-state index in [0.717, 1.165) is 27.8 Å². The lowest BCUT2D eigenvalue weighted by Gasteiger charge is -2.34. The molecule has 0 fully saturated rings. The van der Waals surface area contributed by atoms with E-state index in [1.165, 1.54) is 0 Å². The van der Waals surface area contributed by atoms with Gasteiger partial charge in [-0.15, -0.1) is 0 Å². The van der Waals surface area contributed by atoms with Crippen molar-refractivity contribution >= 4 is 0 Å². The minimum absolute atomic E-state index is 0.476. The first-order chi connectivity index (χ1) is 13.7. The lowest BCUT2D eigenvalue weighted by atomic mass is 9.93. The van der Waals surface area contributed by atoms with Crippen molar-refractivity contribution in [1.29, 1.82) is 0 Å². The largest absolute Gasteiger partial charge is 0.324 e. The molecule has 0 amide bonds. The molecule has 3 heteroatoms. The Labute approximate surface area is 167 Å². The summed E-state index contributed by atoms with van der Waals surface area (Å²) in [5, 5.41) is 0. The summed E-state index contributed by atoms with van der Waals surface area (Å²) in [6.45, 7) is 7.29. The van der Waals surface area contributed by atoms with E-state index in [-0.39, 0.29) is 0 Å². The molecule has 146 valence electrons. The molecule has 3 rings (SSSR count). The van der Waals surface area contributed by atoms with Crippen LogP contribution < -0.4 is 0 Å². The second kappa shape index (κ2) is 9.65. The van der Waals surface area contributed by atoms with E-state index in [4.69, 9.17) is 14.2 Å². The van der Waals surface area contributed by atoms with Crippen molar-refractivity contribution in [2.75, 3.05) is 19.8 Å². The maximum Gasteiger partial charge on any atom is 0.312 e. The molecular formula is C25H28O3. The summed E-state index contributed by atoms with van der Waals surface area (Å²) in [7, 11) is 0. The first kappa shape index (κ1) is 20.3. The van der Waals surface area contributed by atoms with Gasteiger partial charge in [0.2, 0.25) is 0 Å². The summed E-state index contributed by atoms with van der Waals surface area (Å²) in [5.74, 6) is -1.24. The van der Waals surface area contributed by atoms with Gasteiger partial charge in [-0.3, -0.25) is 0 Å². The molecule has 3 nitrogen and oxygen atoms in total. The molecule has 0 aliphatic rings. The molecule has 0 radical (unpaired) electrons. The number of ether oxygens (including phenoxy) is 3. The van der Waals surface area contributed by atoms with Crippen molar-refractivity contribution in [2.24, 2.45) is 0 Å². The maximum absolute atomic E-state index is 6.11. The number of rotatable bonds is 9. The third-order valence-electron chi connectivity index (χ3n) is 4.54. The van der Waals surface area contributed by atoms with E-state index < -0.39 is 5.97 Å². The summed E-state index contributed by atoms with van der Waals surface area (Å²) < 4.78 is 18.3. The molecule has 0 aliphatic carbocycles. The Kier molecular flexibility index (Phi) is 6.99. The summed E-state index contributed by atoms with van der Waals surface area (Å²) >= 11 is 0. The van der Waals surface area contributed by atoms with Crippen molar-refractivity contribution in [3.63, 3.8) is 0 Å². The maximum atomic E-state index is 6.11. The highest BCUT2D eigenvalue weighted by Crippen LogP contribution is 2.39. The molecule has 0 unspecified atom stereocenters. The molecular weight excluding hydrogens is 348 g/mol. The lowest BCUT2D eigenvalue weighted by Crippen LogP contribution is -2.37. The Bertz CT molecular complexity index is 842. The van der Waals surface area contributed by atoms with Gasteiger partial charge >= 0.3 is 5.97 Å². The first-order valence-corrected chi connectivity index (χ1v) is 9.91. The van der Waals surface area contributed by atoms with E-state index >= 15 is 0 Å². The van der Waals surface area contributed by atoms with Crippen LogP contribution in [0.1, 0.15) is 26.3 Å². The minimum Gasteiger partial charge on any atom is -0.324 e. The van der Waals surface area contributed by atoms with Gasteiger partial charge in [0.25, 0.3) is 0 Å². The van der Waals surface area contributed by atoms with Gasteiger partial charge in [-0.05, 0) is 49.1 Å². The van der Waals surface area contributed by atoms with E-state index in [2.05, 4.69) is 42.5 Å². The fourth-order valence-corrected chi connectivity index (χ4v) is 3.41. The average Bonchev–Trinajstić information content (AvgIpc) is 2.75. The van der Waals surface area contributed by atoms with Crippen molar-refractivity contribution < 1.29 is 14.2 Å². The Morgan fingerprint density at radius 2 is 1.07 bits per heavy atom. The van der Waals surface area contributed by atoms with Gasteiger partial charge in [-0.2, -0.15) is 0 Å². The van der Waals surface area contributed by atoms with Gasteiger partial charge in [0.15, 0.2) is 0 Å². The Balaban J connectivity index is 2.23. The quantitative estimate of drug-likeness (QED) is 0.414. The molecule has 3 aromatic rings. The summed E-state index contributed by atoms with van der Waals surface area (Å²) in [6.07, 6.45) is 0. The zero-order valence-electron chi connectivity index (χ0n) is 16.9. The predicted octanol–water partition coefficient (Wildman–Crippen LogP) is 6.24. The van der Waals surface area contributed by atoms with Crippen LogP contribution in [0.2, 0.25) is 0 Å². The fraction of sp³-hybridized carbons (Fsp3) is 0.280. The van der Waals surface area contributed by atoms with Crippen LogP contribution in [-0.4, -0.2) is 19.8 Å². The number of hydrogen-bond donors (Lipinski definition) is 0. The van der Waals surface area contributed by atoms with Crippen LogP contribution in [0.25, 0.3) is 22.3 Å². The Morgan fingerprint density at radius 1 is 0.571 bits per heavy atom. The van der Waals surface area contributed by atoms with Crippen LogP contribution in [0.3, 0.4) is 0 Å². The van der Waals surface area contributed by atoms with Crippen LogP contribution in [0.4, 0.5) is 0 Å². The first-order valence-electron chi connectivity index (χ1n) is 9.91. The van der Waals surface area contributed by atoms with E-state index in [9.17, 15) is 0 Å². The third kappa shape index (κ3) is 4.33. The molecule has 0 saturated carbocycles. The molecule has 0 bridgehead atoms. The highest BCUT2D eigenvalue weighted by Gasteiger charge is 2.38. The molecule has 0 aliphatic heterocycles. The van der Waals surface area contributed by atoms with Crippen molar-refractivity contribution in [1.82, 2.24) is 0 Å². The normalized spacial score (nSPS) is 11.5. The average molecular weight is 376 g/mol. The lowest BCUT2D eigenvalue weighted by molar-refractivity contribution is -0.389. The van der Waals surface area contributed by atoms with Crippen LogP contribution in [0, 0.1) is 0 Å². The van der Waals surface area contributed by atoms with E-state index in [1.54, 1.807) is 0 Å². The Hall–Kier alpha value is -2.46. The number of hydrogen-bond acceptors (Lipinski definition) is 3. The van der Waals surface area contributed by atoms with Crippen LogP contribution in [-0.2, 0) is 20.2 Å². The van der Waals surface area contributed by atoms with Gasteiger partial charge in [-0.25, -0.2) is 0 Å². The van der Waals surface area contributed by atoms with E-state index in [0.29, 0.717) is 19.8 Å². The monoisotopic (exact) mass is 376 g/mol. The van der Waals surface area contributed by atoms with Crippen molar-refractivity contribution in [2.45, 2.75) is 26.7 Å². The molecule has 28 heavy (non-hydrogen) atoms. The van der Waals surface area contributed by atoms with Gasteiger partial charge in [0, 0.05) is 25.4 Å². The van der Waals surface area contributed by atoms with Gasteiger partial charge < -0.3 is 14.2 Å². The van der Waals surface area contributed by atoms with Crippen LogP contribution >= 0.6 is 0 Å². The third-order valence-corrected chi connectivity index (χ3v) is 4.54. The SMILES string of the molecule is CCOC(OCC)(OCC)c1cc(-c2ccccc2)ccc1-c1ccccc1. The van der Waals surface area contributed by atoms with Gasteiger partial charge in [0.1, 0.15) is 0 Å². The molecule has 0 atom stereocenters. The molecule has 0 spiro atoms. The molecule has 3 aromatic carbocycles. The molecule has 0 saturated heterocycles. The highest BCUT2D eigenvalue weighted by molar-refractivity contribution is 5.74. The van der Waals surface area contributed by atoms with Crippen LogP contribution in [0.5, 0.6) is 0 Å². The van der Waals surface area contributed by atoms with Crippen molar-refractivity contribution in [3.8, 4) is 22.3 Å². The molecule has 0 heterocycles. The van der Waals surface area contributed by atoms with Crippen LogP contribution in [0.15, 0.2) is 78.9 Å². The Morgan fingerprint density at radius 3 is 1.57 bits per heavy atom. The number of benzene rings is 3. The zero-order valence-corrected chi connectivity index (χ0v) is 16.9. The molecule has 0 aromatic heterocycles. The highest BCUT2D eigenvalue weighted by atomic mass is 16.9. The summed E-state index contributed by atoms with van der Waals surface area (Å²) in [4.78, 5) is 0. The summed E-state index contributed by atoms with van der Waals surface area (Å²) in [6, 6.07) is 27.0. The van der Waals surface area contributed by atoms with Gasteiger partial charge in [-0.1, -0.05) is 72.8 Å². The second-order valence-corrected chi connectivity index (χ2v) is 6.35. The topological polar surface area (TPSA) is 27.7 Å². The summed E-state index contributed by atoms with van der Waals surface area (Å²) in [5.41, 5.74) is 5.25. The van der Waals surface area contributed by atoms with Crippen molar-refractivity contribution in [3.05, 3.63) is 84.4 Å². The van der Waals surface area contributed by atoms with Gasteiger partial charge in [0.05, 0.1) is 0 Å². The standard InChI is InChI=1S/C25H28O3/c1-4-26-25(27-5-2,28-6-3)24-19-22(20-13-9-7-10-14-20)17-18-23(24)21-15-11-8-12-16-21/h7-19H,4-6H2,1-3H3. The fourth-order valence-electron chi connectivity index (χ4n) is 3.41. The molecule has 0 N–H and O–H groups in total. The minimum atomic E-state index is -1.24. The predicted molar refractivity (Wildman–Crippen MR) is 114 cm³/mol. The van der Waals surface area contributed by atoms with E-state index in [1.807, 2.05) is 57.2 Å². The zero-order chi connectivity index (χ0) is 19.8.